The van der Waals surface area contributed by atoms with Crippen LogP contribution in [0, 0.1) is 6.92 Å². The molecule has 1 aromatic heterocycles. The first-order chi connectivity index (χ1) is 3.80. The van der Waals surface area contributed by atoms with Gasteiger partial charge in [0.15, 0.2) is 0 Å². The molecule has 0 saturated carbocycles. The van der Waals surface area contributed by atoms with Gasteiger partial charge in [-0.25, -0.2) is 4.98 Å². The van der Waals surface area contributed by atoms with Crippen LogP contribution in [-0.2, 0) is 16.5 Å². The van der Waals surface area contributed by atoms with Crippen molar-refractivity contribution >= 4 is 5.82 Å². The zero-order valence-corrected chi connectivity index (χ0v) is 6.06. The van der Waals surface area contributed by atoms with Crippen LogP contribution in [0.5, 0.6) is 0 Å². The predicted octanol–water partition coefficient (Wildman–Crippen LogP) is 0.970. The van der Waals surface area contributed by atoms with E-state index in [2.05, 4.69) is 4.98 Å². The monoisotopic (exact) mass is 166 g/mol. The van der Waals surface area contributed by atoms with Gasteiger partial charge in [0, 0.05) is 22.7 Å². The molecule has 0 unspecified atom stereocenters. The summed E-state index contributed by atoms with van der Waals surface area (Å²) in [4.78, 5) is 3.86. The number of nitrogens with two attached hydrogens (primary N) is 1. The van der Waals surface area contributed by atoms with Gasteiger partial charge in [-0.2, -0.15) is 0 Å². The van der Waals surface area contributed by atoms with Crippen LogP contribution < -0.4 is 5.73 Å². The van der Waals surface area contributed by atoms with Crippen LogP contribution in [0.1, 0.15) is 5.56 Å². The van der Waals surface area contributed by atoms with Crippen LogP contribution >= 0.6 is 0 Å². The second-order valence-corrected chi connectivity index (χ2v) is 1.71. The Morgan fingerprint density at radius 1 is 1.56 bits per heavy atom. The van der Waals surface area contributed by atoms with Gasteiger partial charge in [-0.15, -0.1) is 0 Å². The molecule has 3 heteroatoms. The summed E-state index contributed by atoms with van der Waals surface area (Å²) in [5, 5.41) is 0. The molecule has 0 atom stereocenters. The van der Waals surface area contributed by atoms with Crippen molar-refractivity contribution in [1.29, 1.82) is 0 Å². The summed E-state index contributed by atoms with van der Waals surface area (Å²) in [6, 6.07) is 3.80. The van der Waals surface area contributed by atoms with E-state index in [1.54, 1.807) is 6.20 Å². The van der Waals surface area contributed by atoms with Crippen molar-refractivity contribution in [1.82, 2.24) is 4.98 Å². The minimum atomic E-state index is 0. The number of hydrogen-bond acceptors (Lipinski definition) is 2. The molecule has 9 heavy (non-hydrogen) atoms. The maximum absolute atomic E-state index is 5.41. The van der Waals surface area contributed by atoms with Crippen molar-refractivity contribution < 1.29 is 16.5 Å². The van der Waals surface area contributed by atoms with Crippen molar-refractivity contribution in [3.8, 4) is 0 Å². The van der Waals surface area contributed by atoms with Crippen molar-refractivity contribution in [3.63, 3.8) is 0 Å². The fourth-order valence-electron chi connectivity index (χ4n) is 0.498. The van der Waals surface area contributed by atoms with Gasteiger partial charge < -0.3 is 5.73 Å². The van der Waals surface area contributed by atoms with E-state index in [1.165, 1.54) is 0 Å². The molecule has 2 nitrogen and oxygen atoms in total. The topological polar surface area (TPSA) is 38.9 Å². The van der Waals surface area contributed by atoms with Gasteiger partial charge in [-0.05, 0) is 18.6 Å². The van der Waals surface area contributed by atoms with E-state index >= 15 is 0 Å². The average molecular weight is 167 g/mol. The van der Waals surface area contributed by atoms with Crippen LogP contribution in [0.2, 0.25) is 0 Å². The van der Waals surface area contributed by atoms with E-state index in [0.717, 1.165) is 5.56 Å². The predicted molar refractivity (Wildman–Crippen MR) is 33.4 cm³/mol. The summed E-state index contributed by atoms with van der Waals surface area (Å²) in [6.45, 7) is 1.93. The third-order valence-corrected chi connectivity index (χ3v) is 1.05. The molecule has 0 saturated heterocycles. The minimum absolute atomic E-state index is 0. The Labute approximate surface area is 64.4 Å². The Balaban J connectivity index is 0.000000640. The smallest absolute Gasteiger partial charge is 0.126 e. The SMILES string of the molecule is Cc1cccnc1N.[Ni]. The summed E-state index contributed by atoms with van der Waals surface area (Å²) in [7, 11) is 0. The first-order valence-corrected chi connectivity index (χ1v) is 2.48. The van der Waals surface area contributed by atoms with Crippen LogP contribution in [0.3, 0.4) is 0 Å². The van der Waals surface area contributed by atoms with Crippen LogP contribution in [0.25, 0.3) is 0 Å². The zero-order chi connectivity index (χ0) is 5.98. The molecule has 0 fully saturated rings. The number of nitrogens with zero attached hydrogens (tertiary/aromatic N) is 1. The molecule has 52 valence electrons. The van der Waals surface area contributed by atoms with Crippen LogP contribution in [0.15, 0.2) is 18.3 Å². The molecule has 0 spiro atoms. The van der Waals surface area contributed by atoms with E-state index in [4.69, 9.17) is 5.73 Å². The van der Waals surface area contributed by atoms with Gasteiger partial charge in [0.1, 0.15) is 5.82 Å². The van der Waals surface area contributed by atoms with Crippen molar-refractivity contribution in [3.05, 3.63) is 23.9 Å². The Morgan fingerprint density at radius 2 is 2.22 bits per heavy atom. The number of hydrogen-bond donors (Lipinski definition) is 1. The van der Waals surface area contributed by atoms with Crippen LogP contribution in [-0.4, -0.2) is 4.98 Å². The molecule has 0 radical (unpaired) electrons. The number of aromatic nitrogens is 1. The molecule has 1 rings (SSSR count). The molecule has 0 amide bonds. The second kappa shape index (κ2) is 3.47. The normalized spacial score (nSPS) is 8.11. The Hall–Kier alpha value is -0.556. The minimum Gasteiger partial charge on any atom is -0.383 e. The largest absolute Gasteiger partial charge is 0.383 e. The van der Waals surface area contributed by atoms with Crippen molar-refractivity contribution in [2.75, 3.05) is 5.73 Å². The van der Waals surface area contributed by atoms with Crippen molar-refractivity contribution in [2.45, 2.75) is 6.92 Å². The standard InChI is InChI=1S/C6H8N2.Ni/c1-5-3-2-4-8-6(5)7;/h2-4H,1H3,(H2,7,8);. The summed E-state index contributed by atoms with van der Waals surface area (Å²) in [5.74, 6) is 0.618. The van der Waals surface area contributed by atoms with Gasteiger partial charge in [0.25, 0.3) is 0 Å². The maximum atomic E-state index is 5.41. The number of aryl methyl sites for hydroxylation is 1. The fourth-order valence-corrected chi connectivity index (χ4v) is 0.498. The third-order valence-electron chi connectivity index (χ3n) is 1.05. The van der Waals surface area contributed by atoms with E-state index in [0.29, 0.717) is 5.82 Å². The number of nitrogen functional groups attached to an aromatic ring is 1. The second-order valence-electron chi connectivity index (χ2n) is 1.71. The van der Waals surface area contributed by atoms with Gasteiger partial charge in [-0.1, -0.05) is 6.07 Å². The first-order valence-electron chi connectivity index (χ1n) is 2.48. The average Bonchev–Trinajstić information content (AvgIpc) is 1.77. The number of rotatable bonds is 0. The summed E-state index contributed by atoms with van der Waals surface area (Å²) in [6.07, 6.45) is 1.68. The molecule has 2 N–H and O–H groups in total. The van der Waals surface area contributed by atoms with Crippen LogP contribution in [0.4, 0.5) is 5.82 Å². The quantitative estimate of drug-likeness (QED) is 0.584. The molecule has 0 aliphatic heterocycles. The first kappa shape index (κ1) is 8.44. The number of anilines is 1. The molecular weight excluding hydrogens is 159 g/mol. The van der Waals surface area contributed by atoms with Gasteiger partial charge in [0.05, 0.1) is 0 Å². The maximum Gasteiger partial charge on any atom is 0.126 e. The van der Waals surface area contributed by atoms with E-state index in [1.807, 2.05) is 19.1 Å². The molecule has 1 aromatic rings. The molecule has 0 aromatic carbocycles. The summed E-state index contributed by atoms with van der Waals surface area (Å²) in [5.41, 5.74) is 6.44. The van der Waals surface area contributed by atoms with Gasteiger partial charge in [0.2, 0.25) is 0 Å². The molecule has 0 aliphatic rings. The van der Waals surface area contributed by atoms with E-state index < -0.39 is 0 Å². The zero-order valence-electron chi connectivity index (χ0n) is 5.07. The Morgan fingerprint density at radius 3 is 2.56 bits per heavy atom. The summed E-state index contributed by atoms with van der Waals surface area (Å²) < 4.78 is 0. The molecular formula is C6H8N2Ni. The Bertz CT molecular complexity index is 167. The van der Waals surface area contributed by atoms with Gasteiger partial charge in [-0.3, -0.25) is 0 Å². The Kier molecular flexibility index (Phi) is 3.25. The molecule has 0 bridgehead atoms. The van der Waals surface area contributed by atoms with Crippen molar-refractivity contribution in [2.24, 2.45) is 0 Å². The summed E-state index contributed by atoms with van der Waals surface area (Å²) >= 11 is 0. The molecule has 0 aliphatic carbocycles. The van der Waals surface area contributed by atoms with E-state index in [9.17, 15) is 0 Å². The molecule has 1 heterocycles. The third kappa shape index (κ3) is 2.02. The van der Waals surface area contributed by atoms with Gasteiger partial charge >= 0.3 is 0 Å². The number of pyridine rings is 1. The fraction of sp³-hybridized carbons (Fsp3) is 0.167. The van der Waals surface area contributed by atoms with E-state index in [-0.39, 0.29) is 16.5 Å².